The molecule has 1 aliphatic heterocycles. The number of thiazole rings is 1. The topological polar surface area (TPSA) is 16.1 Å². The first-order chi connectivity index (χ1) is 8.28. The average Bonchev–Trinajstić information content (AvgIpc) is 2.66. The summed E-state index contributed by atoms with van der Waals surface area (Å²) in [6.45, 7) is 7.06. The van der Waals surface area contributed by atoms with Crippen LogP contribution in [0.4, 0.5) is 0 Å². The van der Waals surface area contributed by atoms with Gasteiger partial charge >= 0.3 is 0 Å². The van der Waals surface area contributed by atoms with Crippen LogP contribution in [-0.4, -0.2) is 29.0 Å². The molecule has 1 saturated heterocycles. The molecule has 1 aliphatic carbocycles. The van der Waals surface area contributed by atoms with Crippen LogP contribution in [0.3, 0.4) is 0 Å². The number of nitrogens with zero attached hydrogens (tertiary/aromatic N) is 2. The monoisotopic (exact) mass is 322 g/mol. The number of halogens is 2. The van der Waals surface area contributed by atoms with Crippen LogP contribution >= 0.6 is 36.2 Å². The summed E-state index contributed by atoms with van der Waals surface area (Å²) in [6, 6.07) is 0.816. The van der Waals surface area contributed by atoms with Crippen LogP contribution in [0.25, 0.3) is 0 Å². The molecule has 1 fully saturated rings. The maximum Gasteiger partial charge on any atom is 0.0900 e. The third-order valence-electron chi connectivity index (χ3n) is 4.28. The van der Waals surface area contributed by atoms with Gasteiger partial charge in [0, 0.05) is 10.9 Å². The van der Waals surface area contributed by atoms with Crippen LogP contribution in [0.1, 0.15) is 41.8 Å². The molecule has 0 bridgehead atoms. The van der Waals surface area contributed by atoms with E-state index in [4.69, 9.17) is 4.98 Å². The number of hydrogen-bond donors (Lipinski definition) is 0. The van der Waals surface area contributed by atoms with E-state index in [1.54, 1.807) is 4.88 Å². The summed E-state index contributed by atoms with van der Waals surface area (Å²) in [5.74, 6) is 0.879. The Hall–Kier alpha value is 0.170. The van der Waals surface area contributed by atoms with Gasteiger partial charge in [0.2, 0.25) is 0 Å². The Morgan fingerprint density at radius 2 is 2.11 bits per heavy atom. The van der Waals surface area contributed by atoms with E-state index in [-0.39, 0.29) is 24.8 Å². The first-order valence-electron chi connectivity index (χ1n) is 6.97. The lowest BCUT2D eigenvalue weighted by atomic mass is 9.79. The summed E-state index contributed by atoms with van der Waals surface area (Å²) < 4.78 is 0. The van der Waals surface area contributed by atoms with Crippen molar-refractivity contribution < 1.29 is 0 Å². The predicted octanol–water partition coefficient (Wildman–Crippen LogP) is 3.88. The van der Waals surface area contributed by atoms with Crippen LogP contribution < -0.4 is 0 Å². The van der Waals surface area contributed by atoms with Gasteiger partial charge in [-0.3, -0.25) is 4.90 Å². The van der Waals surface area contributed by atoms with Gasteiger partial charge in [0.05, 0.1) is 10.7 Å². The van der Waals surface area contributed by atoms with Gasteiger partial charge in [-0.05, 0) is 58.0 Å². The van der Waals surface area contributed by atoms with Crippen molar-refractivity contribution in [1.82, 2.24) is 9.88 Å². The number of hydrogen-bond acceptors (Lipinski definition) is 3. The minimum absolute atomic E-state index is 0. The number of aromatic nitrogens is 1. The predicted molar refractivity (Wildman–Crippen MR) is 87.1 cm³/mol. The van der Waals surface area contributed by atoms with Crippen molar-refractivity contribution in [2.24, 2.45) is 5.92 Å². The average molecular weight is 323 g/mol. The molecule has 0 spiro atoms. The van der Waals surface area contributed by atoms with Crippen molar-refractivity contribution in [3.63, 3.8) is 0 Å². The smallest absolute Gasteiger partial charge is 0.0900 e. The van der Waals surface area contributed by atoms with Gasteiger partial charge in [-0.25, -0.2) is 4.98 Å². The molecule has 1 aromatic rings. The highest BCUT2D eigenvalue weighted by atomic mass is 35.5. The van der Waals surface area contributed by atoms with E-state index in [2.05, 4.69) is 18.7 Å². The number of rotatable bonds is 2. The maximum atomic E-state index is 4.71. The zero-order valence-electron chi connectivity index (χ0n) is 11.7. The molecule has 2 unspecified atom stereocenters. The third kappa shape index (κ3) is 3.44. The number of aryl methyl sites for hydroxylation is 1. The van der Waals surface area contributed by atoms with Crippen LogP contribution in [0.2, 0.25) is 0 Å². The second-order valence-corrected chi connectivity index (χ2v) is 6.80. The maximum absolute atomic E-state index is 4.71. The first kappa shape index (κ1) is 17.2. The lowest BCUT2D eigenvalue weighted by Gasteiger charge is -2.43. The van der Waals surface area contributed by atoms with Crippen molar-refractivity contribution in [1.29, 1.82) is 0 Å². The fraction of sp³-hybridized carbons (Fsp3) is 0.786. The SMILES string of the molecule is CCCN1CCCC2Cc3nc(C)sc3CC21.Cl.Cl. The Kier molecular flexibility index (Phi) is 6.58. The highest BCUT2D eigenvalue weighted by molar-refractivity contribution is 7.11. The van der Waals surface area contributed by atoms with Crippen LogP contribution in [-0.2, 0) is 12.8 Å². The summed E-state index contributed by atoms with van der Waals surface area (Å²) in [5, 5.41) is 1.26. The molecular weight excluding hydrogens is 299 g/mol. The Morgan fingerprint density at radius 3 is 2.84 bits per heavy atom. The first-order valence-corrected chi connectivity index (χ1v) is 7.78. The normalized spacial score (nSPS) is 25.8. The van der Waals surface area contributed by atoms with Gasteiger partial charge < -0.3 is 0 Å². The van der Waals surface area contributed by atoms with Crippen molar-refractivity contribution in [2.75, 3.05) is 13.1 Å². The lowest BCUT2D eigenvalue weighted by molar-refractivity contribution is 0.0857. The minimum Gasteiger partial charge on any atom is -0.300 e. The van der Waals surface area contributed by atoms with Gasteiger partial charge in [-0.1, -0.05) is 6.92 Å². The summed E-state index contributed by atoms with van der Waals surface area (Å²) in [6.07, 6.45) is 6.61. The van der Waals surface area contributed by atoms with Gasteiger partial charge in [-0.15, -0.1) is 36.2 Å². The van der Waals surface area contributed by atoms with E-state index in [1.165, 1.54) is 55.9 Å². The van der Waals surface area contributed by atoms with Crippen molar-refractivity contribution in [3.8, 4) is 0 Å². The molecule has 19 heavy (non-hydrogen) atoms. The second-order valence-electron chi connectivity index (χ2n) is 5.52. The van der Waals surface area contributed by atoms with E-state index < -0.39 is 0 Å². The zero-order valence-corrected chi connectivity index (χ0v) is 14.2. The summed E-state index contributed by atoms with van der Waals surface area (Å²) in [4.78, 5) is 9.03. The largest absolute Gasteiger partial charge is 0.300 e. The fourth-order valence-electron chi connectivity index (χ4n) is 3.58. The molecule has 0 aromatic carbocycles. The Balaban J connectivity index is 0.000000902. The highest BCUT2D eigenvalue weighted by Crippen LogP contribution is 2.36. The van der Waals surface area contributed by atoms with E-state index in [1.807, 2.05) is 11.3 Å². The summed E-state index contributed by atoms with van der Waals surface area (Å²) in [5.41, 5.74) is 1.42. The number of piperidine rings is 1. The lowest BCUT2D eigenvalue weighted by Crippen LogP contribution is -2.49. The molecule has 5 heteroatoms. The summed E-state index contributed by atoms with van der Waals surface area (Å²) in [7, 11) is 0. The zero-order chi connectivity index (χ0) is 11.8. The number of likely N-dealkylation sites (tertiary alicyclic amines) is 1. The number of fused-ring (bicyclic) bond motifs is 2. The molecule has 1 aromatic heterocycles. The van der Waals surface area contributed by atoms with Crippen LogP contribution in [0.5, 0.6) is 0 Å². The van der Waals surface area contributed by atoms with Crippen molar-refractivity contribution in [3.05, 3.63) is 15.6 Å². The Morgan fingerprint density at radius 1 is 1.32 bits per heavy atom. The van der Waals surface area contributed by atoms with Gasteiger partial charge in [0.15, 0.2) is 0 Å². The molecule has 0 N–H and O–H groups in total. The molecule has 0 saturated carbocycles. The molecule has 2 aliphatic rings. The van der Waals surface area contributed by atoms with Gasteiger partial charge in [0.25, 0.3) is 0 Å². The van der Waals surface area contributed by atoms with Crippen LogP contribution in [0.15, 0.2) is 0 Å². The molecule has 2 nitrogen and oxygen atoms in total. The van der Waals surface area contributed by atoms with Gasteiger partial charge in [-0.2, -0.15) is 0 Å². The Bertz CT molecular complexity index is 406. The second kappa shape index (κ2) is 7.26. The quantitative estimate of drug-likeness (QED) is 0.821. The standard InChI is InChI=1S/C14H22N2S.2ClH/c1-3-6-16-7-4-5-11-8-12-14(9-13(11)16)17-10(2)15-12;;/h11,13H,3-9H2,1-2H3;2*1H. The van der Waals surface area contributed by atoms with E-state index in [0.717, 1.165) is 12.0 Å². The fourth-order valence-corrected chi connectivity index (χ4v) is 4.59. The van der Waals surface area contributed by atoms with Crippen LogP contribution in [0, 0.1) is 12.8 Å². The van der Waals surface area contributed by atoms with Crippen molar-refractivity contribution >= 4 is 36.2 Å². The molecule has 3 rings (SSSR count). The highest BCUT2D eigenvalue weighted by Gasteiger charge is 2.36. The molecular formula is C14H24Cl2N2S. The van der Waals surface area contributed by atoms with E-state index in [9.17, 15) is 0 Å². The van der Waals surface area contributed by atoms with E-state index >= 15 is 0 Å². The molecule has 0 radical (unpaired) electrons. The molecule has 2 heterocycles. The minimum atomic E-state index is 0. The molecule has 0 amide bonds. The van der Waals surface area contributed by atoms with Crippen molar-refractivity contribution in [2.45, 2.75) is 52.0 Å². The summed E-state index contributed by atoms with van der Waals surface area (Å²) >= 11 is 1.93. The van der Waals surface area contributed by atoms with E-state index in [0.29, 0.717) is 0 Å². The van der Waals surface area contributed by atoms with Gasteiger partial charge in [0.1, 0.15) is 0 Å². The molecule has 110 valence electrons. The third-order valence-corrected chi connectivity index (χ3v) is 5.31. The molecule has 2 atom stereocenters. The Labute approximate surface area is 132 Å².